The van der Waals surface area contributed by atoms with Crippen LogP contribution in [0.25, 0.3) is 21.5 Å². The zero-order chi connectivity index (χ0) is 15.8. The normalized spacial score (nSPS) is 17.2. The summed E-state index contributed by atoms with van der Waals surface area (Å²) in [4.78, 5) is 22.7. The first kappa shape index (κ1) is 14.5. The fourth-order valence-electron chi connectivity index (χ4n) is 3.34. The van der Waals surface area contributed by atoms with Crippen molar-refractivity contribution in [1.82, 2.24) is 9.97 Å². The molecule has 0 radical (unpaired) electrons. The maximum absolute atomic E-state index is 12.8. The Hall–Kier alpha value is -2.07. The molecule has 0 bridgehead atoms. The van der Waals surface area contributed by atoms with Gasteiger partial charge in [-0.05, 0) is 43.4 Å². The highest BCUT2D eigenvalue weighted by atomic mass is 32.1. The molecule has 0 saturated carbocycles. The molecule has 0 saturated heterocycles. The number of nitrogens with zero attached hydrogens (tertiary/aromatic N) is 2. The highest BCUT2D eigenvalue weighted by molar-refractivity contribution is 7.18. The SMILES string of the molecule is CCC1CCc2c(sc3cc(-c4ncccn4)ccc3c2=O)C1. The Balaban J connectivity index is 1.87. The van der Waals surface area contributed by atoms with Crippen LogP contribution in [0.2, 0.25) is 0 Å². The van der Waals surface area contributed by atoms with Crippen LogP contribution in [-0.2, 0) is 12.8 Å². The van der Waals surface area contributed by atoms with Gasteiger partial charge in [-0.1, -0.05) is 19.4 Å². The van der Waals surface area contributed by atoms with Crippen molar-refractivity contribution in [3.63, 3.8) is 0 Å². The van der Waals surface area contributed by atoms with Crippen LogP contribution >= 0.6 is 11.3 Å². The van der Waals surface area contributed by atoms with Crippen molar-refractivity contribution in [2.75, 3.05) is 0 Å². The second-order valence-corrected chi connectivity index (χ2v) is 7.27. The second kappa shape index (κ2) is 5.85. The first-order valence-electron chi connectivity index (χ1n) is 8.12. The number of hydrogen-bond acceptors (Lipinski definition) is 4. The number of aromatic nitrogens is 2. The molecule has 1 aliphatic carbocycles. The molecule has 0 amide bonds. The van der Waals surface area contributed by atoms with Crippen LogP contribution < -0.4 is 5.43 Å². The van der Waals surface area contributed by atoms with Gasteiger partial charge in [-0.25, -0.2) is 9.97 Å². The summed E-state index contributed by atoms with van der Waals surface area (Å²) in [5.74, 6) is 1.43. The van der Waals surface area contributed by atoms with E-state index in [0.717, 1.165) is 46.4 Å². The van der Waals surface area contributed by atoms with Crippen LogP contribution in [0.5, 0.6) is 0 Å². The van der Waals surface area contributed by atoms with Gasteiger partial charge in [0.15, 0.2) is 11.3 Å². The third kappa shape index (κ3) is 2.57. The molecule has 1 unspecified atom stereocenters. The van der Waals surface area contributed by atoms with Crippen molar-refractivity contribution in [2.45, 2.75) is 32.6 Å². The lowest BCUT2D eigenvalue weighted by atomic mass is 9.86. The van der Waals surface area contributed by atoms with Gasteiger partial charge in [0.2, 0.25) is 0 Å². The number of rotatable bonds is 2. The largest absolute Gasteiger partial charge is 0.289 e. The predicted molar refractivity (Wildman–Crippen MR) is 94.9 cm³/mol. The lowest BCUT2D eigenvalue weighted by Crippen LogP contribution is -2.20. The first-order chi connectivity index (χ1) is 11.3. The predicted octanol–water partition coefficient (Wildman–Crippen LogP) is 4.23. The Morgan fingerprint density at radius 1 is 1.26 bits per heavy atom. The molecule has 0 spiro atoms. The van der Waals surface area contributed by atoms with Gasteiger partial charge < -0.3 is 0 Å². The Morgan fingerprint density at radius 3 is 2.87 bits per heavy atom. The third-order valence-electron chi connectivity index (χ3n) is 4.75. The molecule has 3 aromatic rings. The molecule has 2 aromatic heterocycles. The molecule has 4 heteroatoms. The van der Waals surface area contributed by atoms with Crippen molar-refractivity contribution in [1.29, 1.82) is 0 Å². The van der Waals surface area contributed by atoms with Gasteiger partial charge >= 0.3 is 0 Å². The van der Waals surface area contributed by atoms with E-state index in [9.17, 15) is 4.79 Å². The van der Waals surface area contributed by atoms with E-state index >= 15 is 0 Å². The summed E-state index contributed by atoms with van der Waals surface area (Å²) in [5.41, 5.74) is 2.25. The highest BCUT2D eigenvalue weighted by Crippen LogP contribution is 2.33. The minimum absolute atomic E-state index is 0.226. The first-order valence-corrected chi connectivity index (χ1v) is 8.94. The van der Waals surface area contributed by atoms with Crippen molar-refractivity contribution >= 4 is 21.4 Å². The van der Waals surface area contributed by atoms with Crippen molar-refractivity contribution in [3.8, 4) is 11.4 Å². The molecule has 3 nitrogen and oxygen atoms in total. The topological polar surface area (TPSA) is 42.9 Å². The summed E-state index contributed by atoms with van der Waals surface area (Å²) >= 11 is 1.78. The van der Waals surface area contributed by atoms with Crippen molar-refractivity contribution in [3.05, 3.63) is 57.3 Å². The molecule has 0 N–H and O–H groups in total. The zero-order valence-electron chi connectivity index (χ0n) is 13.1. The molecule has 116 valence electrons. The molecule has 0 fully saturated rings. The average molecular weight is 322 g/mol. The molecule has 1 aromatic carbocycles. The molecule has 2 heterocycles. The van der Waals surface area contributed by atoms with Gasteiger partial charge in [0, 0.05) is 38.5 Å². The van der Waals surface area contributed by atoms with E-state index in [4.69, 9.17) is 0 Å². The lowest BCUT2D eigenvalue weighted by Gasteiger charge is -2.22. The van der Waals surface area contributed by atoms with Crippen molar-refractivity contribution < 1.29 is 0 Å². The molecule has 4 rings (SSSR count). The Kier molecular flexibility index (Phi) is 3.69. The van der Waals surface area contributed by atoms with Crippen LogP contribution in [0.1, 0.15) is 30.2 Å². The van der Waals surface area contributed by atoms with Gasteiger partial charge in [0.25, 0.3) is 0 Å². The summed E-state index contributed by atoms with van der Waals surface area (Å²) in [6.45, 7) is 2.24. The minimum atomic E-state index is 0.226. The number of fused-ring (bicyclic) bond motifs is 2. The molecule has 0 aliphatic heterocycles. The van der Waals surface area contributed by atoms with Crippen LogP contribution in [0.15, 0.2) is 41.5 Å². The lowest BCUT2D eigenvalue weighted by molar-refractivity contribution is 0.448. The average Bonchev–Trinajstić information content (AvgIpc) is 2.61. The Bertz CT molecular complexity index is 918. The Morgan fingerprint density at radius 2 is 2.09 bits per heavy atom. The fourth-order valence-corrected chi connectivity index (χ4v) is 4.70. The van der Waals surface area contributed by atoms with Gasteiger partial charge in [0.1, 0.15) is 0 Å². The summed E-state index contributed by atoms with van der Waals surface area (Å²) in [5, 5.41) is 0.836. The quantitative estimate of drug-likeness (QED) is 0.709. The van der Waals surface area contributed by atoms with E-state index in [-0.39, 0.29) is 5.43 Å². The van der Waals surface area contributed by atoms with Crippen LogP contribution in [-0.4, -0.2) is 9.97 Å². The summed E-state index contributed by atoms with van der Waals surface area (Å²) in [6, 6.07) is 7.76. The van der Waals surface area contributed by atoms with E-state index in [2.05, 4.69) is 23.0 Å². The van der Waals surface area contributed by atoms with Gasteiger partial charge in [-0.15, -0.1) is 11.3 Å². The molecule has 1 aliphatic rings. The smallest absolute Gasteiger partial charge is 0.191 e. The van der Waals surface area contributed by atoms with E-state index in [0.29, 0.717) is 5.82 Å². The van der Waals surface area contributed by atoms with E-state index < -0.39 is 0 Å². The van der Waals surface area contributed by atoms with Crippen LogP contribution in [0, 0.1) is 5.92 Å². The minimum Gasteiger partial charge on any atom is -0.289 e. The summed E-state index contributed by atoms with van der Waals surface area (Å²) in [6.07, 6.45) is 7.81. The Labute approximate surface area is 139 Å². The van der Waals surface area contributed by atoms with Gasteiger partial charge in [-0.2, -0.15) is 0 Å². The maximum Gasteiger partial charge on any atom is 0.191 e. The third-order valence-corrected chi connectivity index (χ3v) is 5.97. The zero-order valence-corrected chi connectivity index (χ0v) is 13.9. The maximum atomic E-state index is 12.8. The van der Waals surface area contributed by atoms with Gasteiger partial charge in [0.05, 0.1) is 0 Å². The molecular weight excluding hydrogens is 304 g/mol. The molecular formula is C19H18N2OS. The van der Waals surface area contributed by atoms with E-state index in [1.54, 1.807) is 23.7 Å². The molecule has 23 heavy (non-hydrogen) atoms. The monoisotopic (exact) mass is 322 g/mol. The van der Waals surface area contributed by atoms with Crippen molar-refractivity contribution in [2.24, 2.45) is 5.92 Å². The molecule has 1 atom stereocenters. The van der Waals surface area contributed by atoms with Crippen LogP contribution in [0.4, 0.5) is 0 Å². The fraction of sp³-hybridized carbons (Fsp3) is 0.316. The van der Waals surface area contributed by atoms with E-state index in [1.165, 1.54) is 11.3 Å². The summed E-state index contributed by atoms with van der Waals surface area (Å²) in [7, 11) is 0. The van der Waals surface area contributed by atoms with Gasteiger partial charge in [-0.3, -0.25) is 4.79 Å². The number of benzene rings is 1. The van der Waals surface area contributed by atoms with E-state index in [1.807, 2.05) is 18.2 Å². The van der Waals surface area contributed by atoms with Crippen LogP contribution in [0.3, 0.4) is 0 Å². The standard InChI is InChI=1S/C19H18N2OS/c1-2-12-4-6-14-16(10-12)23-17-11-13(5-7-15(17)18(14)22)19-20-8-3-9-21-19/h3,5,7-9,11-12H,2,4,6,10H2,1H3. The number of hydrogen-bond donors (Lipinski definition) is 0. The highest BCUT2D eigenvalue weighted by Gasteiger charge is 2.21. The summed E-state index contributed by atoms with van der Waals surface area (Å²) < 4.78 is 1.05. The second-order valence-electron chi connectivity index (χ2n) is 6.13.